The van der Waals surface area contributed by atoms with E-state index in [1.807, 2.05) is 54.6 Å². The lowest BCUT2D eigenvalue weighted by molar-refractivity contribution is 1.04. The lowest BCUT2D eigenvalue weighted by Crippen LogP contribution is -1.94. The average molecular weight is 231 g/mol. The van der Waals surface area contributed by atoms with E-state index in [1.54, 1.807) is 0 Å². The molecule has 1 aromatic heterocycles. The molecule has 2 aromatic carbocycles. The maximum absolute atomic E-state index is 9.04. The summed E-state index contributed by atoms with van der Waals surface area (Å²) in [5.41, 5.74) is 2.18. The molecular formula is C15H9N3. The fourth-order valence-electron chi connectivity index (χ4n) is 2.00. The fourth-order valence-corrected chi connectivity index (χ4v) is 2.00. The minimum Gasteiger partial charge on any atom is -0.191 e. The second kappa shape index (κ2) is 4.27. The summed E-state index contributed by atoms with van der Waals surface area (Å²) in [6.45, 7) is 0. The second-order valence-corrected chi connectivity index (χ2v) is 3.92. The summed E-state index contributed by atoms with van der Waals surface area (Å²) in [5, 5.41) is 19.0. The van der Waals surface area contributed by atoms with Gasteiger partial charge in [0.1, 0.15) is 11.8 Å². The molecular weight excluding hydrogens is 222 g/mol. The van der Waals surface area contributed by atoms with E-state index in [2.05, 4.69) is 16.3 Å². The minimum absolute atomic E-state index is 0.366. The Bertz CT molecular complexity index is 743. The van der Waals surface area contributed by atoms with Gasteiger partial charge in [0.15, 0.2) is 5.69 Å². The molecule has 1 heterocycles. The van der Waals surface area contributed by atoms with Crippen molar-refractivity contribution in [1.82, 2.24) is 10.2 Å². The third-order valence-electron chi connectivity index (χ3n) is 2.84. The van der Waals surface area contributed by atoms with E-state index in [4.69, 9.17) is 5.26 Å². The molecule has 3 heteroatoms. The lowest BCUT2D eigenvalue weighted by atomic mass is 10.0. The first-order valence-corrected chi connectivity index (χ1v) is 5.61. The van der Waals surface area contributed by atoms with Crippen molar-refractivity contribution in [3.63, 3.8) is 0 Å². The molecule has 3 nitrogen and oxygen atoms in total. The molecule has 0 aliphatic carbocycles. The Kier molecular flexibility index (Phi) is 2.47. The summed E-state index contributed by atoms with van der Waals surface area (Å²) in [6, 6.07) is 19.6. The highest BCUT2D eigenvalue weighted by molar-refractivity contribution is 5.96. The van der Waals surface area contributed by atoms with Crippen LogP contribution in [0.1, 0.15) is 5.69 Å². The quantitative estimate of drug-likeness (QED) is 0.646. The number of hydrogen-bond donors (Lipinski definition) is 0. The van der Waals surface area contributed by atoms with Crippen molar-refractivity contribution < 1.29 is 0 Å². The number of aromatic nitrogens is 2. The van der Waals surface area contributed by atoms with Crippen LogP contribution in [0.5, 0.6) is 0 Å². The Morgan fingerprint density at radius 2 is 1.44 bits per heavy atom. The van der Waals surface area contributed by atoms with Crippen molar-refractivity contribution in [2.75, 3.05) is 0 Å². The van der Waals surface area contributed by atoms with E-state index < -0.39 is 0 Å². The molecule has 0 saturated carbocycles. The Labute approximate surface area is 104 Å². The van der Waals surface area contributed by atoms with E-state index in [-0.39, 0.29) is 0 Å². The van der Waals surface area contributed by atoms with Crippen molar-refractivity contribution in [3.8, 4) is 17.3 Å². The van der Waals surface area contributed by atoms with Crippen LogP contribution in [0.15, 0.2) is 54.6 Å². The Morgan fingerprint density at radius 1 is 0.778 bits per heavy atom. The molecule has 0 aliphatic rings. The number of nitrogens with zero attached hydrogens (tertiary/aromatic N) is 3. The van der Waals surface area contributed by atoms with Gasteiger partial charge < -0.3 is 0 Å². The maximum Gasteiger partial charge on any atom is 0.170 e. The highest BCUT2D eigenvalue weighted by atomic mass is 15.1. The largest absolute Gasteiger partial charge is 0.191 e. The third kappa shape index (κ3) is 1.61. The molecule has 0 N–H and O–H groups in total. The van der Waals surface area contributed by atoms with Gasteiger partial charge in [-0.2, -0.15) is 5.26 Å². The SMILES string of the molecule is N#Cc1nnc(-c2ccccc2)c2ccccc12. The maximum atomic E-state index is 9.04. The monoisotopic (exact) mass is 231 g/mol. The van der Waals surface area contributed by atoms with Crippen LogP contribution in [0, 0.1) is 11.3 Å². The van der Waals surface area contributed by atoms with Crippen molar-refractivity contribution in [3.05, 3.63) is 60.3 Å². The Balaban J connectivity index is 2.36. The number of rotatable bonds is 1. The van der Waals surface area contributed by atoms with Gasteiger partial charge in [-0.25, -0.2) is 0 Å². The number of fused-ring (bicyclic) bond motifs is 1. The molecule has 0 aliphatic heterocycles. The molecule has 3 rings (SSSR count). The molecule has 3 aromatic rings. The molecule has 0 radical (unpaired) electrons. The summed E-state index contributed by atoms with van der Waals surface area (Å²) in [6.07, 6.45) is 0. The first-order valence-electron chi connectivity index (χ1n) is 5.61. The second-order valence-electron chi connectivity index (χ2n) is 3.92. The highest BCUT2D eigenvalue weighted by Gasteiger charge is 2.09. The van der Waals surface area contributed by atoms with Crippen molar-refractivity contribution >= 4 is 10.8 Å². The van der Waals surface area contributed by atoms with Crippen LogP contribution in [-0.2, 0) is 0 Å². The van der Waals surface area contributed by atoms with Crippen molar-refractivity contribution in [2.24, 2.45) is 0 Å². The Morgan fingerprint density at radius 3 is 2.17 bits per heavy atom. The number of benzene rings is 2. The van der Waals surface area contributed by atoms with Gasteiger partial charge >= 0.3 is 0 Å². The average Bonchev–Trinajstić information content (AvgIpc) is 2.47. The van der Waals surface area contributed by atoms with Gasteiger partial charge in [0, 0.05) is 16.3 Å². The van der Waals surface area contributed by atoms with Gasteiger partial charge in [-0.05, 0) is 0 Å². The first kappa shape index (κ1) is 10.4. The zero-order valence-corrected chi connectivity index (χ0v) is 9.54. The van der Waals surface area contributed by atoms with Crippen molar-refractivity contribution in [2.45, 2.75) is 0 Å². The van der Waals surface area contributed by atoms with Gasteiger partial charge in [-0.15, -0.1) is 10.2 Å². The molecule has 0 fully saturated rings. The van der Waals surface area contributed by atoms with Crippen LogP contribution < -0.4 is 0 Å². The van der Waals surface area contributed by atoms with E-state index >= 15 is 0 Å². The summed E-state index contributed by atoms with van der Waals surface area (Å²) in [4.78, 5) is 0. The van der Waals surface area contributed by atoms with Gasteiger partial charge in [-0.1, -0.05) is 54.6 Å². The lowest BCUT2D eigenvalue weighted by Gasteiger charge is -2.05. The number of nitriles is 1. The van der Waals surface area contributed by atoms with Crippen LogP contribution in [0.25, 0.3) is 22.0 Å². The number of hydrogen-bond acceptors (Lipinski definition) is 3. The molecule has 0 amide bonds. The molecule has 0 unspecified atom stereocenters. The topological polar surface area (TPSA) is 49.6 Å². The summed E-state index contributed by atoms with van der Waals surface area (Å²) in [5.74, 6) is 0. The standard InChI is InChI=1S/C15H9N3/c16-10-14-12-8-4-5-9-13(12)15(18-17-14)11-6-2-1-3-7-11/h1-9H. The molecule has 84 valence electrons. The minimum atomic E-state index is 0.366. The zero-order chi connectivity index (χ0) is 12.4. The molecule has 0 atom stereocenters. The fraction of sp³-hybridized carbons (Fsp3) is 0. The van der Waals surface area contributed by atoms with E-state index in [1.165, 1.54) is 0 Å². The van der Waals surface area contributed by atoms with Crippen LogP contribution in [0.2, 0.25) is 0 Å². The summed E-state index contributed by atoms with van der Waals surface area (Å²) >= 11 is 0. The highest BCUT2D eigenvalue weighted by Crippen LogP contribution is 2.26. The van der Waals surface area contributed by atoms with Crippen LogP contribution in [-0.4, -0.2) is 10.2 Å². The first-order chi connectivity index (χ1) is 8.90. The van der Waals surface area contributed by atoms with Crippen LogP contribution in [0.3, 0.4) is 0 Å². The molecule has 0 spiro atoms. The van der Waals surface area contributed by atoms with Crippen LogP contribution in [0.4, 0.5) is 0 Å². The summed E-state index contributed by atoms with van der Waals surface area (Å²) in [7, 11) is 0. The van der Waals surface area contributed by atoms with Gasteiger partial charge in [-0.3, -0.25) is 0 Å². The van der Waals surface area contributed by atoms with Gasteiger partial charge in [0.05, 0.1) is 0 Å². The van der Waals surface area contributed by atoms with E-state index in [0.29, 0.717) is 5.69 Å². The van der Waals surface area contributed by atoms with E-state index in [9.17, 15) is 0 Å². The molecule has 18 heavy (non-hydrogen) atoms. The summed E-state index contributed by atoms with van der Waals surface area (Å²) < 4.78 is 0. The third-order valence-corrected chi connectivity index (χ3v) is 2.84. The van der Waals surface area contributed by atoms with Crippen molar-refractivity contribution in [1.29, 1.82) is 5.26 Å². The molecule has 0 saturated heterocycles. The van der Waals surface area contributed by atoms with E-state index in [0.717, 1.165) is 22.0 Å². The predicted octanol–water partition coefficient (Wildman–Crippen LogP) is 3.17. The van der Waals surface area contributed by atoms with Crippen LogP contribution >= 0.6 is 0 Å². The predicted molar refractivity (Wildman–Crippen MR) is 69.7 cm³/mol. The molecule has 0 bridgehead atoms. The normalized spacial score (nSPS) is 10.2. The smallest absolute Gasteiger partial charge is 0.170 e. The van der Waals surface area contributed by atoms with Gasteiger partial charge in [0.25, 0.3) is 0 Å². The van der Waals surface area contributed by atoms with Gasteiger partial charge in [0.2, 0.25) is 0 Å². The Hall–Kier alpha value is -2.73. The zero-order valence-electron chi connectivity index (χ0n) is 9.54.